The molecule has 0 aliphatic heterocycles. The van der Waals surface area contributed by atoms with Crippen molar-refractivity contribution in [3.05, 3.63) is 29.8 Å². The maximum atomic E-state index is 12.8. The summed E-state index contributed by atoms with van der Waals surface area (Å²) in [5, 5.41) is 0. The van der Waals surface area contributed by atoms with Gasteiger partial charge in [-0.2, -0.15) is 22.0 Å². The number of hydrogen-bond acceptors (Lipinski definition) is 2. The monoisotopic (exact) mass is 271 g/mol. The van der Waals surface area contributed by atoms with Crippen LogP contribution in [0.1, 0.15) is 5.56 Å². The molecule has 0 aliphatic rings. The molecular weight excluding hydrogens is 266 g/mol. The lowest BCUT2D eigenvalue weighted by Crippen LogP contribution is -2.45. The maximum absolute atomic E-state index is 12.8. The van der Waals surface area contributed by atoms with Crippen molar-refractivity contribution in [2.45, 2.75) is 18.5 Å². The molecule has 1 aromatic rings. The zero-order valence-electron chi connectivity index (χ0n) is 8.47. The average molecular weight is 271 g/mol. The summed E-state index contributed by atoms with van der Waals surface area (Å²) in [6, 6.07) is 3.58. The summed E-state index contributed by atoms with van der Waals surface area (Å²) < 4.78 is 77.0. The van der Waals surface area contributed by atoms with E-state index in [1.165, 1.54) is 6.29 Å². The number of carbonyl (C=O) groups excluding carboxylic acids is 1. The fraction of sp³-hybridized carbons (Fsp3) is 0.300. The Morgan fingerprint density at radius 1 is 1.06 bits per heavy atom. The predicted molar refractivity (Wildman–Crippen MR) is 47.8 cm³/mol. The quantitative estimate of drug-likeness (QED) is 0.787. The lowest BCUT2D eigenvalue weighted by molar-refractivity contribution is -0.304. The third-order valence-corrected chi connectivity index (χ3v) is 1.81. The molecule has 0 heterocycles. The van der Waals surface area contributed by atoms with Crippen LogP contribution in [0, 0.1) is 0 Å². The van der Waals surface area contributed by atoms with Crippen molar-refractivity contribution in [1.82, 2.24) is 0 Å². The van der Waals surface area contributed by atoms with Crippen molar-refractivity contribution in [3.8, 4) is 5.75 Å². The lowest BCUT2D eigenvalue weighted by atomic mass is 10.2. The Balaban J connectivity index is 2.84. The number of ether oxygens (including phenoxy) is 1. The fourth-order valence-corrected chi connectivity index (χ4v) is 0.990. The van der Waals surface area contributed by atoms with E-state index in [4.69, 9.17) is 0 Å². The Labute approximate surface area is 97.2 Å². The predicted octanol–water partition coefficient (Wildman–Crippen LogP) is 3.02. The lowest BCUT2D eigenvalue weighted by Gasteiger charge is -2.22. The minimum absolute atomic E-state index is 0.0155. The van der Waals surface area contributed by atoms with Gasteiger partial charge in [-0.3, -0.25) is 4.79 Å². The van der Waals surface area contributed by atoms with Crippen molar-refractivity contribution >= 4 is 6.29 Å². The number of hydrogen-bond donors (Lipinski definition) is 0. The van der Waals surface area contributed by atoms with Gasteiger partial charge in [0.15, 0.2) is 0 Å². The number of halogens is 6. The third-order valence-electron chi connectivity index (χ3n) is 1.81. The Hall–Kier alpha value is -1.73. The molecule has 0 N–H and O–H groups in total. The highest BCUT2D eigenvalue weighted by Crippen LogP contribution is 2.36. The van der Waals surface area contributed by atoms with Crippen LogP contribution < -0.4 is 4.74 Å². The molecule has 0 bridgehead atoms. The van der Waals surface area contributed by atoms with E-state index in [9.17, 15) is 31.1 Å². The van der Waals surface area contributed by atoms with Crippen molar-refractivity contribution in [1.29, 1.82) is 0 Å². The summed E-state index contributed by atoms with van der Waals surface area (Å²) >= 11 is 0. The van der Waals surface area contributed by atoms with Crippen molar-refractivity contribution in [3.63, 3.8) is 0 Å². The number of rotatable bonds is 4. The molecular formula is C10H5F6O2. The van der Waals surface area contributed by atoms with Gasteiger partial charge in [-0.1, -0.05) is 0 Å². The normalized spacial score (nSPS) is 14.1. The van der Waals surface area contributed by atoms with Gasteiger partial charge >= 0.3 is 12.3 Å². The van der Waals surface area contributed by atoms with Crippen molar-refractivity contribution in [2.24, 2.45) is 0 Å². The van der Waals surface area contributed by atoms with Crippen LogP contribution in [-0.2, 0) is 4.79 Å². The number of benzene rings is 1. The minimum atomic E-state index is -5.74. The SMILES string of the molecule is O=[C]c1ccc(OC(F)(F)C(F)C(F)(F)F)cc1. The van der Waals surface area contributed by atoms with E-state index < -0.39 is 24.2 Å². The second-order valence-corrected chi connectivity index (χ2v) is 3.19. The standard InChI is InChI=1S/C10H5F6O2/c11-8(9(12,13)14)10(15,16)18-7-3-1-6(5-17)2-4-7/h1-4,8H. The molecule has 0 aliphatic carbocycles. The fourth-order valence-electron chi connectivity index (χ4n) is 0.990. The van der Waals surface area contributed by atoms with E-state index in [0.717, 1.165) is 24.3 Å². The summed E-state index contributed by atoms with van der Waals surface area (Å²) in [6.45, 7) is 0. The highest BCUT2D eigenvalue weighted by molar-refractivity contribution is 5.75. The second kappa shape index (κ2) is 4.87. The molecule has 2 nitrogen and oxygen atoms in total. The van der Waals surface area contributed by atoms with Gasteiger partial charge < -0.3 is 4.74 Å². The molecule has 0 aromatic heterocycles. The molecule has 0 saturated heterocycles. The molecule has 1 aromatic carbocycles. The molecule has 0 spiro atoms. The molecule has 1 radical (unpaired) electrons. The largest absolute Gasteiger partial charge is 0.439 e. The van der Waals surface area contributed by atoms with E-state index in [-0.39, 0.29) is 5.56 Å². The number of alkyl halides is 6. The molecule has 0 amide bonds. The highest BCUT2D eigenvalue weighted by atomic mass is 19.4. The van der Waals surface area contributed by atoms with Gasteiger partial charge in [-0.15, -0.1) is 0 Å². The zero-order chi connectivity index (χ0) is 14.0. The van der Waals surface area contributed by atoms with Gasteiger partial charge in [0.25, 0.3) is 6.17 Å². The average Bonchev–Trinajstić information content (AvgIpc) is 2.27. The summed E-state index contributed by atoms with van der Waals surface area (Å²) in [5.41, 5.74) is -0.0155. The summed E-state index contributed by atoms with van der Waals surface area (Å²) in [6.07, 6.45) is -13.8. The topological polar surface area (TPSA) is 26.3 Å². The van der Waals surface area contributed by atoms with Crippen LogP contribution in [0.5, 0.6) is 5.75 Å². The highest BCUT2D eigenvalue weighted by Gasteiger charge is 2.59. The Bertz CT molecular complexity index is 411. The van der Waals surface area contributed by atoms with E-state index in [1.54, 1.807) is 0 Å². The van der Waals surface area contributed by atoms with Gasteiger partial charge in [-0.25, -0.2) is 4.39 Å². The van der Waals surface area contributed by atoms with Crippen LogP contribution in [0.15, 0.2) is 24.3 Å². The van der Waals surface area contributed by atoms with Crippen LogP contribution in [0.3, 0.4) is 0 Å². The zero-order valence-corrected chi connectivity index (χ0v) is 8.47. The Morgan fingerprint density at radius 3 is 1.94 bits per heavy atom. The minimum Gasteiger partial charge on any atom is -0.430 e. The molecule has 18 heavy (non-hydrogen) atoms. The molecule has 1 unspecified atom stereocenters. The van der Waals surface area contributed by atoms with E-state index in [2.05, 4.69) is 4.74 Å². The first kappa shape index (κ1) is 14.3. The summed E-state index contributed by atoms with van der Waals surface area (Å²) in [4.78, 5) is 10.1. The molecule has 1 atom stereocenters. The van der Waals surface area contributed by atoms with Crippen LogP contribution >= 0.6 is 0 Å². The van der Waals surface area contributed by atoms with Crippen molar-refractivity contribution in [2.75, 3.05) is 0 Å². The van der Waals surface area contributed by atoms with Crippen LogP contribution in [0.25, 0.3) is 0 Å². The van der Waals surface area contributed by atoms with E-state index >= 15 is 0 Å². The molecule has 99 valence electrons. The van der Waals surface area contributed by atoms with Gasteiger partial charge in [0.05, 0.1) is 0 Å². The van der Waals surface area contributed by atoms with E-state index in [1.807, 2.05) is 0 Å². The third kappa shape index (κ3) is 3.38. The van der Waals surface area contributed by atoms with Crippen molar-refractivity contribution < 1.29 is 35.9 Å². The maximum Gasteiger partial charge on any atom is 0.439 e. The van der Waals surface area contributed by atoms with Crippen LogP contribution in [0.2, 0.25) is 0 Å². The second-order valence-electron chi connectivity index (χ2n) is 3.19. The summed E-state index contributed by atoms with van der Waals surface area (Å²) in [7, 11) is 0. The van der Waals surface area contributed by atoms with Gasteiger partial charge in [0, 0.05) is 5.56 Å². The van der Waals surface area contributed by atoms with E-state index in [0.29, 0.717) is 0 Å². The smallest absolute Gasteiger partial charge is 0.430 e. The Morgan fingerprint density at radius 2 is 1.56 bits per heavy atom. The van der Waals surface area contributed by atoms with Gasteiger partial charge in [0.2, 0.25) is 6.29 Å². The first-order chi connectivity index (χ1) is 8.16. The summed E-state index contributed by atoms with van der Waals surface area (Å²) in [5.74, 6) is -0.703. The molecule has 0 fully saturated rings. The first-order valence-corrected chi connectivity index (χ1v) is 4.42. The van der Waals surface area contributed by atoms with Crippen LogP contribution in [-0.4, -0.2) is 24.7 Å². The van der Waals surface area contributed by atoms with Gasteiger partial charge in [-0.05, 0) is 24.3 Å². The molecule has 1 rings (SSSR count). The molecule has 8 heteroatoms. The Kier molecular flexibility index (Phi) is 3.88. The van der Waals surface area contributed by atoms with Gasteiger partial charge in [0.1, 0.15) is 5.75 Å². The van der Waals surface area contributed by atoms with Crippen LogP contribution in [0.4, 0.5) is 26.3 Å². The first-order valence-electron chi connectivity index (χ1n) is 4.42. The molecule has 0 saturated carbocycles.